The van der Waals surface area contributed by atoms with Crippen molar-refractivity contribution in [1.82, 2.24) is 0 Å². The summed E-state index contributed by atoms with van der Waals surface area (Å²) in [5, 5.41) is 0. The second-order valence-electron chi connectivity index (χ2n) is 21.6. The molecule has 0 aromatic rings. The topological polar surface area (TPSA) is 78.9 Å². The van der Waals surface area contributed by atoms with Gasteiger partial charge < -0.3 is 14.2 Å². The summed E-state index contributed by atoms with van der Waals surface area (Å²) >= 11 is 0. The first-order chi connectivity index (χ1) is 32.2. The first-order valence-electron chi connectivity index (χ1n) is 29.7. The summed E-state index contributed by atoms with van der Waals surface area (Å²) in [5.41, 5.74) is 0. The van der Waals surface area contributed by atoms with Crippen molar-refractivity contribution in [3.05, 3.63) is 0 Å². The van der Waals surface area contributed by atoms with Crippen LogP contribution >= 0.6 is 0 Å². The summed E-state index contributed by atoms with van der Waals surface area (Å²) in [6, 6.07) is 0. The van der Waals surface area contributed by atoms with Gasteiger partial charge in [0.05, 0.1) is 0 Å². The number of carbonyl (C=O) groups excluding carboxylic acids is 3. The molecule has 392 valence electrons. The van der Waals surface area contributed by atoms with E-state index in [2.05, 4.69) is 34.6 Å². The first-order valence-corrected chi connectivity index (χ1v) is 29.7. The van der Waals surface area contributed by atoms with Crippen molar-refractivity contribution in [2.45, 2.75) is 343 Å². The third-order valence-corrected chi connectivity index (χ3v) is 13.7. The Hall–Kier alpha value is -1.59. The maximum Gasteiger partial charge on any atom is 0.306 e. The van der Waals surface area contributed by atoms with Crippen LogP contribution in [0.4, 0.5) is 0 Å². The van der Waals surface area contributed by atoms with E-state index in [1.165, 1.54) is 225 Å². The van der Waals surface area contributed by atoms with Gasteiger partial charge in [0, 0.05) is 19.3 Å². The Morgan fingerprint density at radius 3 is 0.742 bits per heavy atom. The maximum atomic E-state index is 12.8. The minimum absolute atomic E-state index is 0.0631. The minimum Gasteiger partial charge on any atom is -0.462 e. The Morgan fingerprint density at radius 2 is 0.500 bits per heavy atom. The number of hydrogen-bond acceptors (Lipinski definition) is 6. The van der Waals surface area contributed by atoms with Gasteiger partial charge in [0.2, 0.25) is 0 Å². The molecule has 0 N–H and O–H groups in total. The number of hydrogen-bond donors (Lipinski definition) is 0. The molecule has 1 atom stereocenters. The molecule has 0 saturated heterocycles. The van der Waals surface area contributed by atoms with Gasteiger partial charge in [-0.05, 0) is 31.1 Å². The maximum absolute atomic E-state index is 12.8. The van der Waals surface area contributed by atoms with Gasteiger partial charge >= 0.3 is 17.9 Å². The molecule has 0 aliphatic rings. The standard InChI is InChI=1S/C60H116O6/c1-6-7-8-9-10-11-12-13-14-15-16-17-20-23-26-29-35-40-45-50-58(61)64-53-57(66-60(63)52-47-42-37-32-31-34-39-44-49-56(4)5)54-65-59(62)51-46-41-36-30-27-24-21-18-19-22-25-28-33-38-43-48-55(2)3/h55-57H,6-54H2,1-5H3/t57-/m1/s1. The summed E-state index contributed by atoms with van der Waals surface area (Å²) in [6.07, 6.45) is 56.8. The van der Waals surface area contributed by atoms with Crippen LogP contribution in [0.3, 0.4) is 0 Å². The largest absolute Gasteiger partial charge is 0.462 e. The summed E-state index contributed by atoms with van der Waals surface area (Å²) in [6.45, 7) is 11.4. The smallest absolute Gasteiger partial charge is 0.306 e. The van der Waals surface area contributed by atoms with Gasteiger partial charge in [-0.1, -0.05) is 298 Å². The lowest BCUT2D eigenvalue weighted by Crippen LogP contribution is -2.30. The summed E-state index contributed by atoms with van der Waals surface area (Å²) in [5.74, 6) is 0.802. The van der Waals surface area contributed by atoms with Crippen molar-refractivity contribution in [2.24, 2.45) is 11.8 Å². The summed E-state index contributed by atoms with van der Waals surface area (Å²) in [7, 11) is 0. The van der Waals surface area contributed by atoms with Gasteiger partial charge in [-0.3, -0.25) is 14.4 Å². The van der Waals surface area contributed by atoms with Gasteiger partial charge in [0.1, 0.15) is 13.2 Å². The fraction of sp³-hybridized carbons (Fsp3) is 0.950. The van der Waals surface area contributed by atoms with Gasteiger partial charge in [0.15, 0.2) is 6.10 Å². The molecule has 0 rings (SSSR count). The molecule has 0 aliphatic carbocycles. The average Bonchev–Trinajstić information content (AvgIpc) is 3.29. The van der Waals surface area contributed by atoms with Gasteiger partial charge in [0.25, 0.3) is 0 Å². The number of ether oxygens (including phenoxy) is 3. The Labute approximate surface area is 412 Å². The third kappa shape index (κ3) is 53.4. The van der Waals surface area contributed by atoms with E-state index in [0.717, 1.165) is 69.6 Å². The Kier molecular flexibility index (Phi) is 51.5. The SMILES string of the molecule is CCCCCCCCCCCCCCCCCCCCCC(=O)OC[C@H](COC(=O)CCCCCCCCCCCCCCCCCC(C)C)OC(=O)CCCCCCCCCCC(C)C. The normalized spacial score (nSPS) is 12.0. The molecule has 6 heteroatoms. The molecule has 0 saturated carbocycles. The molecule has 0 amide bonds. The van der Waals surface area contributed by atoms with Crippen LogP contribution in [0.2, 0.25) is 0 Å². The van der Waals surface area contributed by atoms with Crippen LogP contribution in [0.25, 0.3) is 0 Å². The highest BCUT2D eigenvalue weighted by Crippen LogP contribution is 2.18. The molecule has 0 fully saturated rings. The zero-order chi connectivity index (χ0) is 48.2. The van der Waals surface area contributed by atoms with Crippen LogP contribution in [0.5, 0.6) is 0 Å². The molecule has 0 aromatic heterocycles. The Bertz CT molecular complexity index is 1010. The fourth-order valence-corrected chi connectivity index (χ4v) is 9.23. The Morgan fingerprint density at radius 1 is 0.288 bits per heavy atom. The highest BCUT2D eigenvalue weighted by atomic mass is 16.6. The molecule has 0 unspecified atom stereocenters. The van der Waals surface area contributed by atoms with Gasteiger partial charge in [-0.15, -0.1) is 0 Å². The molecular weight excluding hydrogens is 817 g/mol. The predicted octanol–water partition coefficient (Wildman–Crippen LogP) is 19.7. The van der Waals surface area contributed by atoms with E-state index < -0.39 is 6.10 Å². The molecule has 0 heterocycles. The van der Waals surface area contributed by atoms with E-state index in [4.69, 9.17) is 14.2 Å². The lowest BCUT2D eigenvalue weighted by atomic mass is 10.0. The lowest BCUT2D eigenvalue weighted by molar-refractivity contribution is -0.167. The first kappa shape index (κ1) is 64.4. The van der Waals surface area contributed by atoms with Crippen LogP contribution in [0, 0.1) is 11.8 Å². The number of esters is 3. The third-order valence-electron chi connectivity index (χ3n) is 13.7. The highest BCUT2D eigenvalue weighted by molar-refractivity contribution is 5.71. The molecule has 66 heavy (non-hydrogen) atoms. The van der Waals surface area contributed by atoms with Crippen LogP contribution in [0.15, 0.2) is 0 Å². The number of rotatable bonds is 54. The average molecular weight is 934 g/mol. The van der Waals surface area contributed by atoms with E-state index in [9.17, 15) is 14.4 Å². The van der Waals surface area contributed by atoms with Crippen molar-refractivity contribution >= 4 is 17.9 Å². The predicted molar refractivity (Wildman–Crippen MR) is 284 cm³/mol. The molecule has 0 spiro atoms. The molecule has 0 aromatic carbocycles. The molecule has 6 nitrogen and oxygen atoms in total. The highest BCUT2D eigenvalue weighted by Gasteiger charge is 2.19. The van der Waals surface area contributed by atoms with E-state index in [1.807, 2.05) is 0 Å². The van der Waals surface area contributed by atoms with Crippen molar-refractivity contribution in [1.29, 1.82) is 0 Å². The van der Waals surface area contributed by atoms with Crippen molar-refractivity contribution in [2.75, 3.05) is 13.2 Å². The summed E-state index contributed by atoms with van der Waals surface area (Å²) < 4.78 is 16.9. The molecule has 0 radical (unpaired) electrons. The van der Waals surface area contributed by atoms with Crippen molar-refractivity contribution in [3.8, 4) is 0 Å². The van der Waals surface area contributed by atoms with Crippen LogP contribution < -0.4 is 0 Å². The van der Waals surface area contributed by atoms with E-state index >= 15 is 0 Å². The quantitative estimate of drug-likeness (QED) is 0.0343. The van der Waals surface area contributed by atoms with Crippen molar-refractivity contribution in [3.63, 3.8) is 0 Å². The van der Waals surface area contributed by atoms with Crippen molar-refractivity contribution < 1.29 is 28.6 Å². The van der Waals surface area contributed by atoms with Gasteiger partial charge in [-0.2, -0.15) is 0 Å². The molecule has 0 bridgehead atoms. The second-order valence-corrected chi connectivity index (χ2v) is 21.6. The second kappa shape index (κ2) is 52.8. The van der Waals surface area contributed by atoms with Crippen LogP contribution in [-0.4, -0.2) is 37.2 Å². The van der Waals surface area contributed by atoms with E-state index in [-0.39, 0.29) is 31.1 Å². The summed E-state index contributed by atoms with van der Waals surface area (Å²) in [4.78, 5) is 38.1. The van der Waals surface area contributed by atoms with Crippen LogP contribution in [0.1, 0.15) is 336 Å². The zero-order valence-electron chi connectivity index (χ0n) is 45.3. The minimum atomic E-state index is -0.763. The van der Waals surface area contributed by atoms with Crippen LogP contribution in [-0.2, 0) is 28.6 Å². The molecule has 0 aliphatic heterocycles. The molecular formula is C60H116O6. The number of unbranched alkanes of at least 4 members (excludes halogenated alkanes) is 39. The zero-order valence-corrected chi connectivity index (χ0v) is 45.3. The monoisotopic (exact) mass is 933 g/mol. The fourth-order valence-electron chi connectivity index (χ4n) is 9.23. The van der Waals surface area contributed by atoms with Gasteiger partial charge in [-0.25, -0.2) is 0 Å². The van der Waals surface area contributed by atoms with E-state index in [1.54, 1.807) is 0 Å². The van der Waals surface area contributed by atoms with E-state index in [0.29, 0.717) is 19.3 Å². The Balaban J connectivity index is 4.22. The lowest BCUT2D eigenvalue weighted by Gasteiger charge is -2.18. The number of carbonyl (C=O) groups is 3.